The molecule has 6 rings (SSSR count). The van der Waals surface area contributed by atoms with Crippen LogP contribution in [-0.4, -0.2) is 134 Å². The zero-order valence-corrected chi connectivity index (χ0v) is 39.4. The first kappa shape index (κ1) is 49.3. The van der Waals surface area contributed by atoms with Crippen molar-refractivity contribution in [2.45, 2.75) is 90.4 Å². The number of aromatic amines is 2. The summed E-state index contributed by atoms with van der Waals surface area (Å²) >= 11 is 0. The average Bonchev–Trinajstić information content (AvgIpc) is 4.04. The van der Waals surface area contributed by atoms with Crippen molar-refractivity contribution in [1.29, 1.82) is 0 Å². The molecule has 2 aromatic carbocycles. The lowest BCUT2D eigenvalue weighted by Gasteiger charge is -2.37. The summed E-state index contributed by atoms with van der Waals surface area (Å²) in [6.45, 7) is 9.84. The van der Waals surface area contributed by atoms with Crippen LogP contribution >= 0.6 is 0 Å². The second kappa shape index (κ2) is 23.4. The van der Waals surface area contributed by atoms with E-state index in [9.17, 15) is 19.2 Å². The minimum absolute atomic E-state index is 0.141. The van der Waals surface area contributed by atoms with Gasteiger partial charge < -0.3 is 58.8 Å². The number of ether oxygens (including phenoxy) is 6. The van der Waals surface area contributed by atoms with E-state index >= 15 is 0 Å². The minimum Gasteiger partial charge on any atom is -0.487 e. The molecule has 4 amide bonds. The van der Waals surface area contributed by atoms with Crippen LogP contribution in [-0.2, 0) is 28.5 Å². The molecule has 0 radical (unpaired) electrons. The number of aromatic nitrogens is 4. The third kappa shape index (κ3) is 11.6. The highest BCUT2D eigenvalue weighted by molar-refractivity contribution is 5.87. The summed E-state index contributed by atoms with van der Waals surface area (Å²) in [7, 11) is 5.80. The molecule has 4 aromatic rings. The number of alkyl carbamates (subject to hydrolysis) is 2. The van der Waals surface area contributed by atoms with Gasteiger partial charge in [0.15, 0.2) is 11.5 Å². The molecule has 66 heavy (non-hydrogen) atoms. The molecule has 4 heterocycles. The van der Waals surface area contributed by atoms with E-state index in [1.807, 2.05) is 69.0 Å². The lowest BCUT2D eigenvalue weighted by atomic mass is 9.97. The first-order valence-electron chi connectivity index (χ1n) is 22.8. The fourth-order valence-electron chi connectivity index (χ4n) is 8.58. The van der Waals surface area contributed by atoms with Crippen LogP contribution in [0.3, 0.4) is 0 Å². The first-order chi connectivity index (χ1) is 31.9. The van der Waals surface area contributed by atoms with Crippen LogP contribution in [0.4, 0.5) is 9.59 Å². The molecule has 4 atom stereocenters. The van der Waals surface area contributed by atoms with Crippen LogP contribution in [0.15, 0.2) is 48.8 Å². The molecular formula is C48H66N8O10. The summed E-state index contributed by atoms with van der Waals surface area (Å²) in [5, 5.41) is 5.44. The number of methoxy groups -OCH3 is 4. The Kier molecular flexibility index (Phi) is 17.4. The van der Waals surface area contributed by atoms with E-state index in [1.165, 1.54) is 14.2 Å². The molecule has 4 unspecified atom stereocenters. The van der Waals surface area contributed by atoms with Gasteiger partial charge >= 0.3 is 12.2 Å². The number of rotatable bonds is 19. The molecule has 18 nitrogen and oxygen atoms in total. The molecule has 18 heteroatoms. The molecule has 2 aliphatic heterocycles. The molecule has 358 valence electrons. The zero-order chi connectivity index (χ0) is 47.3. The SMILES string of the molecule is COCCOc1c(-c2ccc(-c3cnc(C4CCCCN4C(=O)C(NC(=O)OC)C(C)C)[nH]3)cc2)ccc(-c2cnc(C3CCCCN3C(=O)C(NC(=O)OC)C(C)C)[nH]2)c1OCCOC. The van der Waals surface area contributed by atoms with Gasteiger partial charge in [-0.25, -0.2) is 19.6 Å². The van der Waals surface area contributed by atoms with E-state index in [4.69, 9.17) is 38.4 Å². The summed E-state index contributed by atoms with van der Waals surface area (Å²) < 4.78 is 33.4. The van der Waals surface area contributed by atoms with Gasteiger partial charge in [-0.15, -0.1) is 0 Å². The average molecular weight is 915 g/mol. The largest absolute Gasteiger partial charge is 0.487 e. The second-order valence-electron chi connectivity index (χ2n) is 17.2. The van der Waals surface area contributed by atoms with Crippen LogP contribution < -0.4 is 20.1 Å². The third-order valence-electron chi connectivity index (χ3n) is 12.2. The minimum atomic E-state index is -0.759. The maximum Gasteiger partial charge on any atom is 0.407 e. The standard InChI is InChI=1S/C48H66N8O10/c1-29(2)39(53-47(59)63-7)45(57)55-21-11-9-13-37(55)43-49-27-35(51-43)32-17-15-31(16-18-32)33-19-20-34(42(66-26-24-62-6)41(33)65-25-23-61-5)36-28-50-44(52-36)38-14-10-12-22-56(38)46(58)40(30(3)4)54-48(60)64-8/h15-20,27-30,37-40H,9-14,21-26H2,1-8H3,(H,49,51)(H,50,52)(H,53,59)(H,54,60). The number of amides is 4. The topological polar surface area (TPSA) is 212 Å². The van der Waals surface area contributed by atoms with Crippen molar-refractivity contribution in [3.05, 3.63) is 60.4 Å². The van der Waals surface area contributed by atoms with Crippen molar-refractivity contribution in [1.82, 2.24) is 40.4 Å². The molecule has 2 aliphatic rings. The smallest absolute Gasteiger partial charge is 0.407 e. The van der Waals surface area contributed by atoms with Gasteiger partial charge in [0.25, 0.3) is 0 Å². The van der Waals surface area contributed by atoms with Gasteiger partial charge in [-0.3, -0.25) is 9.59 Å². The van der Waals surface area contributed by atoms with Gasteiger partial charge in [-0.2, -0.15) is 0 Å². The second-order valence-corrected chi connectivity index (χ2v) is 17.2. The monoisotopic (exact) mass is 914 g/mol. The van der Waals surface area contributed by atoms with Crippen molar-refractivity contribution in [3.63, 3.8) is 0 Å². The number of H-pyrrole nitrogens is 2. The highest BCUT2D eigenvalue weighted by atomic mass is 16.6. The Morgan fingerprint density at radius 3 is 1.52 bits per heavy atom. The van der Waals surface area contributed by atoms with Crippen LogP contribution in [0.25, 0.3) is 33.6 Å². The van der Waals surface area contributed by atoms with Crippen LogP contribution in [0, 0.1) is 11.8 Å². The van der Waals surface area contributed by atoms with E-state index in [2.05, 4.69) is 20.6 Å². The molecule has 2 saturated heterocycles. The van der Waals surface area contributed by atoms with Crippen molar-refractivity contribution in [3.8, 4) is 45.1 Å². The maximum absolute atomic E-state index is 14.0. The fraction of sp³-hybridized carbons (Fsp3) is 0.542. The highest BCUT2D eigenvalue weighted by Crippen LogP contribution is 2.46. The lowest BCUT2D eigenvalue weighted by Crippen LogP contribution is -2.53. The number of carbonyl (C=O) groups is 4. The molecule has 2 aromatic heterocycles. The number of hydrogen-bond acceptors (Lipinski definition) is 12. The Morgan fingerprint density at radius 2 is 1.05 bits per heavy atom. The van der Waals surface area contributed by atoms with E-state index < -0.39 is 24.3 Å². The van der Waals surface area contributed by atoms with E-state index in [0.29, 0.717) is 67.1 Å². The van der Waals surface area contributed by atoms with Crippen molar-refractivity contribution in [2.75, 3.05) is 68.0 Å². The summed E-state index contributed by atoms with van der Waals surface area (Å²) in [4.78, 5) is 72.4. The number of imidazole rings is 2. The summed E-state index contributed by atoms with van der Waals surface area (Å²) in [6, 6.07) is 9.89. The van der Waals surface area contributed by atoms with Crippen LogP contribution in [0.5, 0.6) is 11.5 Å². The molecule has 2 fully saturated rings. The molecule has 0 aliphatic carbocycles. The van der Waals surface area contributed by atoms with Crippen molar-refractivity contribution >= 4 is 24.0 Å². The van der Waals surface area contributed by atoms with Gasteiger partial charge in [0, 0.05) is 38.4 Å². The maximum atomic E-state index is 14.0. The third-order valence-corrected chi connectivity index (χ3v) is 12.2. The number of nitrogens with zero attached hydrogens (tertiary/aromatic N) is 4. The van der Waals surface area contributed by atoms with Gasteiger partial charge in [0.1, 0.15) is 36.9 Å². The van der Waals surface area contributed by atoms with Gasteiger partial charge in [0.2, 0.25) is 11.8 Å². The molecule has 4 N–H and O–H groups in total. The molecular weight excluding hydrogens is 849 g/mol. The van der Waals surface area contributed by atoms with Crippen molar-refractivity contribution in [2.24, 2.45) is 11.8 Å². The predicted octanol–water partition coefficient (Wildman–Crippen LogP) is 7.05. The highest BCUT2D eigenvalue weighted by Gasteiger charge is 2.38. The first-order valence-corrected chi connectivity index (χ1v) is 22.8. The normalized spacial score (nSPS) is 17.3. The van der Waals surface area contributed by atoms with E-state index in [-0.39, 0.29) is 48.9 Å². The Labute approximate surface area is 386 Å². The number of carbonyl (C=O) groups excluding carboxylic acids is 4. The number of hydrogen-bond donors (Lipinski definition) is 4. The van der Waals surface area contributed by atoms with E-state index in [1.54, 1.807) is 31.5 Å². The van der Waals surface area contributed by atoms with Gasteiger partial charge in [-0.1, -0.05) is 52.0 Å². The zero-order valence-electron chi connectivity index (χ0n) is 39.4. The van der Waals surface area contributed by atoms with Gasteiger partial charge in [-0.05, 0) is 73.6 Å². The molecule has 0 bridgehead atoms. The Hall–Kier alpha value is -6.14. The number of likely N-dealkylation sites (tertiary alicyclic amines) is 2. The predicted molar refractivity (Wildman–Crippen MR) is 247 cm³/mol. The number of nitrogens with one attached hydrogen (secondary N) is 4. The lowest BCUT2D eigenvalue weighted by molar-refractivity contribution is -0.139. The quantitative estimate of drug-likeness (QED) is 0.0697. The fourth-order valence-corrected chi connectivity index (χ4v) is 8.58. The Bertz CT molecular complexity index is 2240. The van der Waals surface area contributed by atoms with Crippen LogP contribution in [0.1, 0.15) is 90.0 Å². The summed E-state index contributed by atoms with van der Waals surface area (Å²) in [6.07, 6.45) is 7.23. The number of piperidine rings is 2. The van der Waals surface area contributed by atoms with Gasteiger partial charge in [0.05, 0.1) is 63.3 Å². The summed E-state index contributed by atoms with van der Waals surface area (Å²) in [5.41, 5.74) is 4.74. The van der Waals surface area contributed by atoms with Crippen LogP contribution in [0.2, 0.25) is 0 Å². The molecule has 0 saturated carbocycles. The van der Waals surface area contributed by atoms with E-state index in [0.717, 1.165) is 54.5 Å². The summed E-state index contributed by atoms with van der Waals surface area (Å²) in [5.74, 6) is 1.66. The Morgan fingerprint density at radius 1 is 0.606 bits per heavy atom. The molecule has 0 spiro atoms. The number of benzene rings is 2. The Balaban J connectivity index is 1.30. The van der Waals surface area contributed by atoms with Crippen molar-refractivity contribution < 1.29 is 47.6 Å².